The van der Waals surface area contributed by atoms with Gasteiger partial charge in [-0.15, -0.1) is 0 Å². The molecule has 3 atom stereocenters. The molecule has 116 valence electrons. The first-order valence-corrected chi connectivity index (χ1v) is 7.44. The van der Waals surface area contributed by atoms with Crippen molar-refractivity contribution in [1.29, 1.82) is 0 Å². The maximum atomic E-state index is 12.5. The number of hydrogen-bond donors (Lipinski definition) is 2. The molecular weight excluding hydrogens is 268 g/mol. The first-order chi connectivity index (χ1) is 9.86. The number of benzene rings is 1. The topological polar surface area (TPSA) is 75.8 Å². The second-order valence-corrected chi connectivity index (χ2v) is 5.85. The van der Waals surface area contributed by atoms with Gasteiger partial charge in [0.25, 0.3) is 5.91 Å². The lowest BCUT2D eigenvalue weighted by Gasteiger charge is -2.37. The standard InChI is InChI=1S/C16H24N2O3/c1-5-13-16(20)18(9(2)3)12-8-11(15(19)10(4)17)6-7-14(12)21-13/h6-10,13,15,19H,5,17H2,1-4H3. The van der Waals surface area contributed by atoms with Crippen molar-refractivity contribution in [3.63, 3.8) is 0 Å². The van der Waals surface area contributed by atoms with Gasteiger partial charge in [-0.1, -0.05) is 13.0 Å². The van der Waals surface area contributed by atoms with Gasteiger partial charge in [-0.3, -0.25) is 4.79 Å². The molecule has 1 aromatic rings. The van der Waals surface area contributed by atoms with Gasteiger partial charge in [0.2, 0.25) is 0 Å². The molecule has 21 heavy (non-hydrogen) atoms. The van der Waals surface area contributed by atoms with Crippen molar-refractivity contribution >= 4 is 11.6 Å². The molecule has 0 radical (unpaired) electrons. The van der Waals surface area contributed by atoms with Crippen LogP contribution in [0.1, 0.15) is 45.8 Å². The average molecular weight is 292 g/mol. The summed E-state index contributed by atoms with van der Waals surface area (Å²) in [6, 6.07) is 5.05. The van der Waals surface area contributed by atoms with E-state index in [9.17, 15) is 9.90 Å². The van der Waals surface area contributed by atoms with Crippen molar-refractivity contribution < 1.29 is 14.6 Å². The maximum absolute atomic E-state index is 12.5. The highest BCUT2D eigenvalue weighted by molar-refractivity contribution is 6.00. The van der Waals surface area contributed by atoms with Gasteiger partial charge < -0.3 is 20.5 Å². The highest BCUT2D eigenvalue weighted by Crippen LogP contribution is 2.38. The first-order valence-electron chi connectivity index (χ1n) is 7.44. The Kier molecular flexibility index (Phi) is 4.54. The number of ether oxygens (including phenoxy) is 1. The fraction of sp³-hybridized carbons (Fsp3) is 0.562. The van der Waals surface area contributed by atoms with Crippen LogP contribution in [-0.4, -0.2) is 29.2 Å². The normalized spacial score (nSPS) is 21.0. The van der Waals surface area contributed by atoms with E-state index in [-0.39, 0.29) is 18.0 Å². The Hall–Kier alpha value is -1.59. The van der Waals surface area contributed by atoms with E-state index in [1.807, 2.05) is 20.8 Å². The fourth-order valence-electron chi connectivity index (χ4n) is 2.58. The summed E-state index contributed by atoms with van der Waals surface area (Å²) in [6.45, 7) is 7.61. The summed E-state index contributed by atoms with van der Waals surface area (Å²) in [5, 5.41) is 10.1. The van der Waals surface area contributed by atoms with Gasteiger partial charge in [-0.05, 0) is 44.9 Å². The molecule has 5 heteroatoms. The second-order valence-electron chi connectivity index (χ2n) is 5.85. The number of hydrogen-bond acceptors (Lipinski definition) is 4. The summed E-state index contributed by atoms with van der Waals surface area (Å²) in [4.78, 5) is 14.2. The predicted molar refractivity (Wildman–Crippen MR) is 82.4 cm³/mol. The summed E-state index contributed by atoms with van der Waals surface area (Å²) >= 11 is 0. The van der Waals surface area contributed by atoms with E-state index in [4.69, 9.17) is 10.5 Å². The van der Waals surface area contributed by atoms with E-state index in [0.717, 1.165) is 0 Å². The molecule has 1 amide bonds. The van der Waals surface area contributed by atoms with Crippen LogP contribution in [0.15, 0.2) is 18.2 Å². The smallest absolute Gasteiger partial charge is 0.268 e. The summed E-state index contributed by atoms with van der Waals surface area (Å²) in [5.74, 6) is 0.642. The molecule has 0 fully saturated rings. The lowest BCUT2D eigenvalue weighted by molar-refractivity contribution is -0.126. The molecule has 0 aromatic heterocycles. The SMILES string of the molecule is CCC1Oc2ccc(C(O)C(C)N)cc2N(C(C)C)C1=O. The molecule has 3 N–H and O–H groups in total. The zero-order chi connectivity index (χ0) is 15.7. The largest absolute Gasteiger partial charge is 0.478 e. The van der Waals surface area contributed by atoms with Crippen LogP contribution in [0.4, 0.5) is 5.69 Å². The van der Waals surface area contributed by atoms with Crippen LogP contribution in [0.2, 0.25) is 0 Å². The van der Waals surface area contributed by atoms with Crippen molar-refractivity contribution in [2.45, 2.75) is 58.4 Å². The van der Waals surface area contributed by atoms with Crippen molar-refractivity contribution in [1.82, 2.24) is 0 Å². The zero-order valence-corrected chi connectivity index (χ0v) is 13.0. The number of amides is 1. The molecule has 5 nitrogen and oxygen atoms in total. The van der Waals surface area contributed by atoms with Gasteiger partial charge in [0.05, 0.1) is 11.8 Å². The summed E-state index contributed by atoms with van der Waals surface area (Å²) in [6.07, 6.45) is -0.571. The average Bonchev–Trinajstić information content (AvgIpc) is 2.44. The Bertz CT molecular complexity index is 528. The first kappa shape index (κ1) is 15.8. The molecule has 1 heterocycles. The molecule has 0 aliphatic carbocycles. The fourth-order valence-corrected chi connectivity index (χ4v) is 2.58. The molecule has 1 aliphatic heterocycles. The quantitative estimate of drug-likeness (QED) is 0.889. The van der Waals surface area contributed by atoms with E-state index in [1.54, 1.807) is 30.0 Å². The number of rotatable bonds is 4. The Balaban J connectivity index is 2.47. The second kappa shape index (κ2) is 6.03. The molecular formula is C16H24N2O3. The number of carbonyl (C=O) groups is 1. The molecule has 0 bridgehead atoms. The third-order valence-electron chi connectivity index (χ3n) is 3.75. The molecule has 1 aromatic carbocycles. The van der Waals surface area contributed by atoms with Gasteiger partial charge in [-0.25, -0.2) is 0 Å². The number of nitrogens with two attached hydrogens (primary N) is 1. The van der Waals surface area contributed by atoms with Crippen LogP contribution in [0, 0.1) is 0 Å². The number of aliphatic hydroxyl groups is 1. The molecule has 0 saturated heterocycles. The van der Waals surface area contributed by atoms with Crippen LogP contribution in [-0.2, 0) is 4.79 Å². The Morgan fingerprint density at radius 3 is 2.57 bits per heavy atom. The highest BCUT2D eigenvalue weighted by Gasteiger charge is 2.35. The lowest BCUT2D eigenvalue weighted by atomic mass is 10.0. The van der Waals surface area contributed by atoms with E-state index >= 15 is 0 Å². The van der Waals surface area contributed by atoms with Crippen molar-refractivity contribution in [3.8, 4) is 5.75 Å². The summed E-state index contributed by atoms with van der Waals surface area (Å²) < 4.78 is 5.76. The minimum atomic E-state index is -0.761. The van der Waals surface area contributed by atoms with Crippen LogP contribution in [0.25, 0.3) is 0 Å². The monoisotopic (exact) mass is 292 g/mol. The molecule has 3 unspecified atom stereocenters. The van der Waals surface area contributed by atoms with Crippen LogP contribution < -0.4 is 15.4 Å². The van der Waals surface area contributed by atoms with Crippen molar-refractivity contribution in [3.05, 3.63) is 23.8 Å². The lowest BCUT2D eigenvalue weighted by Crippen LogP contribution is -2.48. The zero-order valence-electron chi connectivity index (χ0n) is 13.0. The van der Waals surface area contributed by atoms with Gasteiger partial charge in [0.15, 0.2) is 6.10 Å². The number of aliphatic hydroxyl groups excluding tert-OH is 1. The molecule has 0 spiro atoms. The van der Waals surface area contributed by atoms with E-state index in [2.05, 4.69) is 0 Å². The maximum Gasteiger partial charge on any atom is 0.268 e. The van der Waals surface area contributed by atoms with E-state index < -0.39 is 12.2 Å². The highest BCUT2D eigenvalue weighted by atomic mass is 16.5. The summed E-state index contributed by atoms with van der Waals surface area (Å²) in [5.41, 5.74) is 7.15. The van der Waals surface area contributed by atoms with E-state index in [0.29, 0.717) is 23.4 Å². The number of carbonyl (C=O) groups excluding carboxylic acids is 1. The third kappa shape index (κ3) is 2.89. The van der Waals surface area contributed by atoms with Gasteiger partial charge >= 0.3 is 0 Å². The number of nitrogens with zero attached hydrogens (tertiary/aromatic N) is 1. The molecule has 2 rings (SSSR count). The third-order valence-corrected chi connectivity index (χ3v) is 3.75. The van der Waals surface area contributed by atoms with Gasteiger partial charge in [0.1, 0.15) is 5.75 Å². The minimum Gasteiger partial charge on any atom is -0.478 e. The van der Waals surface area contributed by atoms with Crippen LogP contribution in [0.3, 0.4) is 0 Å². The van der Waals surface area contributed by atoms with E-state index in [1.165, 1.54) is 0 Å². The molecule has 0 saturated carbocycles. The molecule has 1 aliphatic rings. The Labute approximate surface area is 125 Å². The van der Waals surface area contributed by atoms with Crippen LogP contribution in [0.5, 0.6) is 5.75 Å². The van der Waals surface area contributed by atoms with Crippen molar-refractivity contribution in [2.24, 2.45) is 5.73 Å². The van der Waals surface area contributed by atoms with Crippen molar-refractivity contribution in [2.75, 3.05) is 4.90 Å². The minimum absolute atomic E-state index is 0.0249. The Morgan fingerprint density at radius 1 is 1.38 bits per heavy atom. The van der Waals surface area contributed by atoms with Gasteiger partial charge in [-0.2, -0.15) is 0 Å². The predicted octanol–water partition coefficient (Wildman–Crippen LogP) is 1.98. The van der Waals surface area contributed by atoms with Gasteiger partial charge in [0, 0.05) is 12.1 Å². The number of fused-ring (bicyclic) bond motifs is 1. The number of anilines is 1. The van der Waals surface area contributed by atoms with Crippen LogP contribution >= 0.6 is 0 Å². The Morgan fingerprint density at radius 2 is 2.05 bits per heavy atom. The summed E-state index contributed by atoms with van der Waals surface area (Å²) in [7, 11) is 0.